The van der Waals surface area contributed by atoms with Crippen molar-refractivity contribution in [1.82, 2.24) is 19.9 Å². The fourth-order valence-corrected chi connectivity index (χ4v) is 3.02. The second kappa shape index (κ2) is 6.52. The van der Waals surface area contributed by atoms with Gasteiger partial charge in [-0.15, -0.1) is 0 Å². The van der Waals surface area contributed by atoms with E-state index in [1.54, 1.807) is 18.2 Å². The van der Waals surface area contributed by atoms with Crippen molar-refractivity contribution in [2.45, 2.75) is 18.9 Å². The van der Waals surface area contributed by atoms with Gasteiger partial charge in [0.25, 0.3) is 5.91 Å². The molecule has 1 aliphatic rings. The Morgan fingerprint density at radius 2 is 2.11 bits per heavy atom. The maximum atomic E-state index is 12.6. The molecule has 2 amide bonds. The molecule has 1 aliphatic heterocycles. The number of carbonyl (C=O) groups excluding carboxylic acids is 3. The van der Waals surface area contributed by atoms with Crippen LogP contribution in [0.5, 0.6) is 0 Å². The topological polar surface area (TPSA) is 126 Å². The summed E-state index contributed by atoms with van der Waals surface area (Å²) >= 11 is 0. The normalized spacial score (nSPS) is 16.3. The van der Waals surface area contributed by atoms with Crippen molar-refractivity contribution in [2.24, 2.45) is 0 Å². The fraction of sp³-hybridized carbons (Fsp3) is 0.167. The number of rotatable bonds is 3. The summed E-state index contributed by atoms with van der Waals surface area (Å²) < 4.78 is 1.22. The highest BCUT2D eigenvalue weighted by molar-refractivity contribution is 6.01. The molecule has 1 unspecified atom stereocenters. The first kappa shape index (κ1) is 16.7. The van der Waals surface area contributed by atoms with Crippen molar-refractivity contribution >= 4 is 34.3 Å². The number of aromatic nitrogens is 3. The minimum atomic E-state index is -0.553. The van der Waals surface area contributed by atoms with E-state index in [1.807, 2.05) is 0 Å². The molecule has 136 valence electrons. The van der Waals surface area contributed by atoms with E-state index in [2.05, 4.69) is 20.6 Å². The maximum Gasteiger partial charge on any atom is 0.268 e. The molecular weight excluding hydrogens is 350 g/mol. The molecule has 3 heterocycles. The average Bonchev–Trinajstić information content (AvgIpc) is 3.33. The van der Waals surface area contributed by atoms with Crippen molar-refractivity contribution < 1.29 is 14.4 Å². The molecule has 27 heavy (non-hydrogen) atoms. The number of carbonyl (C=O) groups is 3. The monoisotopic (exact) mass is 365 g/mol. The molecule has 9 nitrogen and oxygen atoms in total. The first-order valence-corrected chi connectivity index (χ1v) is 8.31. The van der Waals surface area contributed by atoms with E-state index in [-0.39, 0.29) is 17.4 Å². The SMILES string of the molecule is O=C1CCC(C(=O)Nc2ccc3c(=O)c(C(=O)n4ccnc4)c[nH]c3c2)N1. The Morgan fingerprint density at radius 1 is 1.26 bits per heavy atom. The van der Waals surface area contributed by atoms with E-state index in [0.717, 1.165) is 0 Å². The first-order valence-electron chi connectivity index (χ1n) is 8.31. The van der Waals surface area contributed by atoms with Crippen LogP contribution >= 0.6 is 0 Å². The number of fused-ring (bicyclic) bond motifs is 1. The summed E-state index contributed by atoms with van der Waals surface area (Å²) in [6.07, 6.45) is 6.37. The summed E-state index contributed by atoms with van der Waals surface area (Å²) in [6.45, 7) is 0. The number of amides is 2. The van der Waals surface area contributed by atoms with Gasteiger partial charge in [-0.1, -0.05) is 0 Å². The molecule has 3 aromatic rings. The van der Waals surface area contributed by atoms with Crippen molar-refractivity contribution in [3.05, 3.63) is 58.9 Å². The summed E-state index contributed by atoms with van der Waals surface area (Å²) in [4.78, 5) is 55.1. The molecule has 4 rings (SSSR count). The smallest absolute Gasteiger partial charge is 0.268 e. The molecule has 1 fully saturated rings. The number of hydrogen-bond acceptors (Lipinski definition) is 5. The highest BCUT2D eigenvalue weighted by Crippen LogP contribution is 2.17. The summed E-state index contributed by atoms with van der Waals surface area (Å²) in [5.41, 5.74) is 0.544. The van der Waals surface area contributed by atoms with Gasteiger partial charge >= 0.3 is 0 Å². The Hall–Kier alpha value is -3.75. The van der Waals surface area contributed by atoms with Gasteiger partial charge in [0.15, 0.2) is 0 Å². The number of H-pyrrole nitrogens is 1. The highest BCUT2D eigenvalue weighted by atomic mass is 16.2. The van der Waals surface area contributed by atoms with Gasteiger partial charge in [-0.05, 0) is 24.6 Å². The molecular formula is C18H15N5O4. The number of hydrogen-bond donors (Lipinski definition) is 3. The van der Waals surface area contributed by atoms with Crippen LogP contribution in [-0.4, -0.2) is 38.3 Å². The quantitative estimate of drug-likeness (QED) is 0.628. The van der Waals surface area contributed by atoms with Gasteiger partial charge < -0.3 is 15.6 Å². The number of nitrogens with one attached hydrogen (secondary N) is 3. The van der Waals surface area contributed by atoms with E-state index in [1.165, 1.54) is 29.5 Å². The second-order valence-electron chi connectivity index (χ2n) is 6.21. The van der Waals surface area contributed by atoms with E-state index in [0.29, 0.717) is 29.4 Å². The van der Waals surface area contributed by atoms with E-state index in [4.69, 9.17) is 0 Å². The van der Waals surface area contributed by atoms with Crippen LogP contribution in [0.15, 0.2) is 47.9 Å². The third kappa shape index (κ3) is 3.10. The van der Waals surface area contributed by atoms with E-state index in [9.17, 15) is 19.2 Å². The molecule has 9 heteroatoms. The van der Waals surface area contributed by atoms with Crippen molar-refractivity contribution in [1.29, 1.82) is 0 Å². The molecule has 0 bridgehead atoms. The third-order valence-electron chi connectivity index (χ3n) is 4.43. The van der Waals surface area contributed by atoms with Crippen LogP contribution in [0.1, 0.15) is 23.2 Å². The van der Waals surface area contributed by atoms with Gasteiger partial charge in [0.1, 0.15) is 17.9 Å². The number of pyridine rings is 1. The zero-order valence-electron chi connectivity index (χ0n) is 14.1. The van der Waals surface area contributed by atoms with Crippen LogP contribution in [0.4, 0.5) is 5.69 Å². The standard InChI is InChI=1S/C18H15N5O4/c24-15-4-3-13(22-15)17(26)21-10-1-2-11-14(7-10)20-8-12(16(11)25)18(27)23-6-5-19-9-23/h1-2,5-9,13H,3-4H2,(H,20,25)(H,21,26)(H,22,24). The predicted molar refractivity (Wildman–Crippen MR) is 96.3 cm³/mol. The van der Waals surface area contributed by atoms with Crippen LogP contribution in [-0.2, 0) is 9.59 Å². The maximum absolute atomic E-state index is 12.6. The number of aromatic amines is 1. The Morgan fingerprint density at radius 3 is 2.81 bits per heavy atom. The second-order valence-corrected chi connectivity index (χ2v) is 6.21. The Labute approximate surface area is 152 Å². The molecule has 0 saturated carbocycles. The van der Waals surface area contributed by atoms with Crippen LogP contribution in [0.3, 0.4) is 0 Å². The van der Waals surface area contributed by atoms with Gasteiger partial charge in [-0.25, -0.2) is 4.98 Å². The van der Waals surface area contributed by atoms with Crippen molar-refractivity contribution in [3.63, 3.8) is 0 Å². The van der Waals surface area contributed by atoms with E-state index >= 15 is 0 Å². The van der Waals surface area contributed by atoms with E-state index < -0.39 is 17.4 Å². The number of nitrogens with zero attached hydrogens (tertiary/aromatic N) is 2. The van der Waals surface area contributed by atoms with Gasteiger partial charge in [0, 0.05) is 36.1 Å². The molecule has 0 radical (unpaired) electrons. The lowest BCUT2D eigenvalue weighted by Gasteiger charge is -2.11. The Kier molecular flexibility index (Phi) is 4.03. The van der Waals surface area contributed by atoms with Crippen molar-refractivity contribution in [2.75, 3.05) is 5.32 Å². The van der Waals surface area contributed by atoms with Crippen LogP contribution in [0.2, 0.25) is 0 Å². The summed E-state index contributed by atoms with van der Waals surface area (Å²) in [6, 6.07) is 4.18. The van der Waals surface area contributed by atoms with Gasteiger partial charge in [-0.3, -0.25) is 23.7 Å². The molecule has 1 saturated heterocycles. The van der Waals surface area contributed by atoms with Gasteiger partial charge in [-0.2, -0.15) is 0 Å². The number of benzene rings is 1. The summed E-state index contributed by atoms with van der Waals surface area (Å²) in [5.74, 6) is -0.937. The first-order chi connectivity index (χ1) is 13.0. The molecule has 0 aliphatic carbocycles. The Balaban J connectivity index is 1.61. The lowest BCUT2D eigenvalue weighted by atomic mass is 10.1. The number of imidazole rings is 1. The molecule has 1 aromatic carbocycles. The summed E-state index contributed by atoms with van der Waals surface area (Å²) in [5, 5.41) is 5.65. The summed E-state index contributed by atoms with van der Waals surface area (Å²) in [7, 11) is 0. The molecule has 1 atom stereocenters. The molecule has 2 aromatic heterocycles. The predicted octanol–water partition coefficient (Wildman–Crippen LogP) is 0.630. The zero-order chi connectivity index (χ0) is 19.0. The lowest BCUT2D eigenvalue weighted by Crippen LogP contribution is -2.37. The number of anilines is 1. The molecule has 3 N–H and O–H groups in total. The Bertz CT molecular complexity index is 1120. The molecule has 0 spiro atoms. The third-order valence-corrected chi connectivity index (χ3v) is 4.43. The van der Waals surface area contributed by atoms with Crippen molar-refractivity contribution in [3.8, 4) is 0 Å². The fourth-order valence-electron chi connectivity index (χ4n) is 3.02. The average molecular weight is 365 g/mol. The van der Waals surface area contributed by atoms with Crippen LogP contribution in [0.25, 0.3) is 10.9 Å². The van der Waals surface area contributed by atoms with Crippen LogP contribution < -0.4 is 16.1 Å². The van der Waals surface area contributed by atoms with Gasteiger partial charge in [0.05, 0.1) is 5.52 Å². The highest BCUT2D eigenvalue weighted by Gasteiger charge is 2.27. The van der Waals surface area contributed by atoms with Crippen LogP contribution in [0, 0.1) is 0 Å². The lowest BCUT2D eigenvalue weighted by molar-refractivity contribution is -0.122. The minimum absolute atomic E-state index is 0.00838. The largest absolute Gasteiger partial charge is 0.360 e. The zero-order valence-corrected chi connectivity index (χ0v) is 14.1. The van der Waals surface area contributed by atoms with Gasteiger partial charge in [0.2, 0.25) is 17.2 Å². The minimum Gasteiger partial charge on any atom is -0.360 e.